The normalized spacial score (nSPS) is 31.0. The molecule has 2 rings (SSSR count). The highest BCUT2D eigenvalue weighted by Gasteiger charge is 2.26. The average Bonchev–Trinajstić information content (AvgIpc) is 2.55. The van der Waals surface area contributed by atoms with Gasteiger partial charge in [0.05, 0.1) is 18.6 Å². The Morgan fingerprint density at radius 2 is 2.36 bits per heavy atom. The van der Waals surface area contributed by atoms with Crippen LogP contribution in [-0.4, -0.2) is 11.2 Å². The van der Waals surface area contributed by atoms with Gasteiger partial charge < -0.3 is 9.52 Å². The minimum atomic E-state index is -0.146. The van der Waals surface area contributed by atoms with Crippen LogP contribution in [0.5, 0.6) is 0 Å². The van der Waals surface area contributed by atoms with Gasteiger partial charge in [0, 0.05) is 5.92 Å². The zero-order chi connectivity index (χ0) is 7.68. The number of hydrogen-bond donors (Lipinski definition) is 1. The molecule has 1 fully saturated rings. The van der Waals surface area contributed by atoms with Crippen molar-refractivity contribution in [1.29, 1.82) is 0 Å². The molecule has 1 N–H and O–H groups in total. The summed E-state index contributed by atoms with van der Waals surface area (Å²) in [5.41, 5.74) is 1.15. The van der Waals surface area contributed by atoms with Crippen LogP contribution in [0, 0.1) is 0 Å². The van der Waals surface area contributed by atoms with Gasteiger partial charge in [-0.1, -0.05) is 6.42 Å². The number of aliphatic hydroxyl groups excluding tert-OH is 1. The van der Waals surface area contributed by atoms with Gasteiger partial charge in [-0.3, -0.25) is 0 Å². The largest absolute Gasteiger partial charge is 0.472 e. The Kier molecular flexibility index (Phi) is 1.70. The fourth-order valence-corrected chi connectivity index (χ4v) is 1.82. The topological polar surface area (TPSA) is 33.4 Å². The Morgan fingerprint density at radius 3 is 2.91 bits per heavy atom. The maximum atomic E-state index is 9.52. The summed E-state index contributed by atoms with van der Waals surface area (Å²) in [5.74, 6) is 0.328. The molecule has 1 saturated carbocycles. The minimum absolute atomic E-state index is 0.146. The number of aliphatic hydroxyl groups is 1. The van der Waals surface area contributed by atoms with Crippen molar-refractivity contribution in [3.8, 4) is 0 Å². The summed E-state index contributed by atoms with van der Waals surface area (Å²) >= 11 is 0. The van der Waals surface area contributed by atoms with E-state index in [-0.39, 0.29) is 6.10 Å². The van der Waals surface area contributed by atoms with Crippen LogP contribution in [0.25, 0.3) is 0 Å². The molecular formula is C9H12O2. The second kappa shape index (κ2) is 2.70. The Morgan fingerprint density at radius 1 is 1.45 bits per heavy atom. The third-order valence-electron chi connectivity index (χ3n) is 2.45. The van der Waals surface area contributed by atoms with Gasteiger partial charge in [0.25, 0.3) is 0 Å². The predicted molar refractivity (Wildman–Crippen MR) is 41.3 cm³/mol. The lowest BCUT2D eigenvalue weighted by Gasteiger charge is -2.10. The maximum absolute atomic E-state index is 9.52. The zero-order valence-electron chi connectivity index (χ0n) is 6.36. The van der Waals surface area contributed by atoms with E-state index in [1.807, 2.05) is 6.07 Å². The molecule has 1 aromatic heterocycles. The van der Waals surface area contributed by atoms with Crippen LogP contribution >= 0.6 is 0 Å². The van der Waals surface area contributed by atoms with Crippen molar-refractivity contribution in [3.05, 3.63) is 24.2 Å². The van der Waals surface area contributed by atoms with Crippen LogP contribution in [0.2, 0.25) is 0 Å². The van der Waals surface area contributed by atoms with Gasteiger partial charge in [-0.2, -0.15) is 0 Å². The molecule has 1 aromatic rings. The minimum Gasteiger partial charge on any atom is -0.472 e. The van der Waals surface area contributed by atoms with Crippen molar-refractivity contribution in [3.63, 3.8) is 0 Å². The number of hydrogen-bond acceptors (Lipinski definition) is 2. The summed E-state index contributed by atoms with van der Waals surface area (Å²) in [4.78, 5) is 0. The smallest absolute Gasteiger partial charge is 0.0938 e. The summed E-state index contributed by atoms with van der Waals surface area (Å²) in [6.45, 7) is 0. The lowest BCUT2D eigenvalue weighted by atomic mass is 9.99. The monoisotopic (exact) mass is 152 g/mol. The van der Waals surface area contributed by atoms with Crippen LogP contribution in [0.1, 0.15) is 30.7 Å². The van der Waals surface area contributed by atoms with Crippen LogP contribution in [0.4, 0.5) is 0 Å². The van der Waals surface area contributed by atoms with Gasteiger partial charge in [-0.05, 0) is 24.5 Å². The third-order valence-corrected chi connectivity index (χ3v) is 2.45. The van der Waals surface area contributed by atoms with Gasteiger partial charge in [0.1, 0.15) is 0 Å². The van der Waals surface area contributed by atoms with Gasteiger partial charge in [0.15, 0.2) is 0 Å². The SMILES string of the molecule is O[C@@H]1CCC[C@H]1c1ccoc1. The molecule has 0 aromatic carbocycles. The highest BCUT2D eigenvalue weighted by atomic mass is 16.3. The molecule has 2 nitrogen and oxygen atoms in total. The first-order valence-electron chi connectivity index (χ1n) is 4.08. The standard InChI is InChI=1S/C9H12O2/c10-9-3-1-2-8(9)7-4-5-11-6-7/h4-6,8-10H,1-3H2/t8-,9+/m0/s1. The van der Waals surface area contributed by atoms with E-state index in [0.717, 1.165) is 24.8 Å². The van der Waals surface area contributed by atoms with E-state index in [1.165, 1.54) is 0 Å². The second-order valence-corrected chi connectivity index (χ2v) is 3.16. The summed E-state index contributed by atoms with van der Waals surface area (Å²) in [7, 11) is 0. The first-order chi connectivity index (χ1) is 5.38. The molecule has 0 unspecified atom stereocenters. The summed E-state index contributed by atoms with van der Waals surface area (Å²) in [6, 6.07) is 1.94. The quantitative estimate of drug-likeness (QED) is 0.666. The van der Waals surface area contributed by atoms with Crippen molar-refractivity contribution in [2.45, 2.75) is 31.3 Å². The Hall–Kier alpha value is -0.760. The molecular weight excluding hydrogens is 140 g/mol. The van der Waals surface area contributed by atoms with Gasteiger partial charge >= 0.3 is 0 Å². The summed E-state index contributed by atoms with van der Waals surface area (Å²) in [6.07, 6.45) is 6.43. The summed E-state index contributed by atoms with van der Waals surface area (Å²) < 4.78 is 4.96. The van der Waals surface area contributed by atoms with Gasteiger partial charge in [-0.25, -0.2) is 0 Å². The lowest BCUT2D eigenvalue weighted by molar-refractivity contribution is 0.163. The molecule has 0 spiro atoms. The number of rotatable bonds is 1. The first kappa shape index (κ1) is 6.92. The van der Waals surface area contributed by atoms with Crippen LogP contribution in [0.3, 0.4) is 0 Å². The Bertz CT molecular complexity index is 215. The average molecular weight is 152 g/mol. The van der Waals surface area contributed by atoms with E-state index in [4.69, 9.17) is 4.42 Å². The summed E-state index contributed by atoms with van der Waals surface area (Å²) in [5, 5.41) is 9.52. The zero-order valence-corrected chi connectivity index (χ0v) is 6.36. The lowest BCUT2D eigenvalue weighted by Crippen LogP contribution is -2.09. The highest BCUT2D eigenvalue weighted by molar-refractivity contribution is 5.15. The third kappa shape index (κ3) is 1.18. The molecule has 0 aliphatic heterocycles. The fourth-order valence-electron chi connectivity index (χ4n) is 1.82. The van der Waals surface area contributed by atoms with E-state index in [2.05, 4.69) is 0 Å². The van der Waals surface area contributed by atoms with E-state index in [0.29, 0.717) is 5.92 Å². The Balaban J connectivity index is 2.16. The van der Waals surface area contributed by atoms with E-state index < -0.39 is 0 Å². The molecule has 0 bridgehead atoms. The van der Waals surface area contributed by atoms with Crippen LogP contribution < -0.4 is 0 Å². The van der Waals surface area contributed by atoms with Crippen molar-refractivity contribution >= 4 is 0 Å². The van der Waals surface area contributed by atoms with Crippen molar-refractivity contribution in [2.75, 3.05) is 0 Å². The number of furan rings is 1. The molecule has 1 heterocycles. The molecule has 11 heavy (non-hydrogen) atoms. The fraction of sp³-hybridized carbons (Fsp3) is 0.556. The molecule has 0 amide bonds. The second-order valence-electron chi connectivity index (χ2n) is 3.16. The first-order valence-corrected chi connectivity index (χ1v) is 4.08. The van der Waals surface area contributed by atoms with E-state index in [1.54, 1.807) is 12.5 Å². The molecule has 1 aliphatic carbocycles. The molecule has 1 aliphatic rings. The van der Waals surface area contributed by atoms with Crippen molar-refractivity contribution in [2.24, 2.45) is 0 Å². The van der Waals surface area contributed by atoms with Crippen molar-refractivity contribution < 1.29 is 9.52 Å². The van der Waals surface area contributed by atoms with E-state index in [9.17, 15) is 5.11 Å². The Labute approximate surface area is 65.8 Å². The molecule has 0 saturated heterocycles. The van der Waals surface area contributed by atoms with Gasteiger partial charge in [0.2, 0.25) is 0 Å². The van der Waals surface area contributed by atoms with E-state index >= 15 is 0 Å². The predicted octanol–water partition coefficient (Wildman–Crippen LogP) is 1.91. The molecule has 2 atom stereocenters. The molecule has 60 valence electrons. The highest BCUT2D eigenvalue weighted by Crippen LogP contribution is 2.34. The van der Waals surface area contributed by atoms with Crippen molar-refractivity contribution in [1.82, 2.24) is 0 Å². The van der Waals surface area contributed by atoms with Crippen LogP contribution in [-0.2, 0) is 0 Å². The van der Waals surface area contributed by atoms with Crippen LogP contribution in [0.15, 0.2) is 23.0 Å². The molecule has 0 radical (unpaired) electrons. The maximum Gasteiger partial charge on any atom is 0.0938 e. The van der Waals surface area contributed by atoms with Gasteiger partial charge in [-0.15, -0.1) is 0 Å². The molecule has 2 heteroatoms.